The maximum absolute atomic E-state index is 11.9. The third-order valence-corrected chi connectivity index (χ3v) is 4.98. The molecule has 2 aliphatic carbocycles. The summed E-state index contributed by atoms with van der Waals surface area (Å²) in [6, 6.07) is 0. The van der Waals surface area contributed by atoms with E-state index in [1.54, 1.807) is 6.08 Å². The van der Waals surface area contributed by atoms with Crippen molar-refractivity contribution in [2.75, 3.05) is 6.61 Å². The van der Waals surface area contributed by atoms with Gasteiger partial charge in [0.1, 0.15) is 6.10 Å². The molecule has 2 rings (SSSR count). The molecule has 2 N–H and O–H groups in total. The maximum Gasteiger partial charge on any atom is 0.184 e. The minimum atomic E-state index is -1.04. The lowest BCUT2D eigenvalue weighted by atomic mass is 9.50. The monoisotopic (exact) mass is 252 g/mol. The summed E-state index contributed by atoms with van der Waals surface area (Å²) in [5, 5.41) is 19.6. The summed E-state index contributed by atoms with van der Waals surface area (Å²) in [6.07, 6.45) is 3.49. The molecule has 0 spiro atoms. The van der Waals surface area contributed by atoms with Crippen molar-refractivity contribution in [3.63, 3.8) is 0 Å². The lowest BCUT2D eigenvalue weighted by Gasteiger charge is -2.55. The van der Waals surface area contributed by atoms with Gasteiger partial charge in [0.15, 0.2) is 5.78 Å². The lowest BCUT2D eigenvalue weighted by molar-refractivity contribution is -0.136. The molecule has 3 nitrogen and oxygen atoms in total. The molecule has 2 aliphatic rings. The van der Waals surface area contributed by atoms with Crippen molar-refractivity contribution < 1.29 is 15.0 Å². The van der Waals surface area contributed by atoms with Gasteiger partial charge >= 0.3 is 0 Å². The summed E-state index contributed by atoms with van der Waals surface area (Å²) in [5.74, 6) is 0.247. The molecule has 4 atom stereocenters. The first kappa shape index (κ1) is 13.8. The van der Waals surface area contributed by atoms with Crippen LogP contribution in [-0.2, 0) is 4.79 Å². The highest BCUT2D eigenvalue weighted by molar-refractivity contribution is 5.94. The fraction of sp³-hybridized carbons (Fsp3) is 0.800. The van der Waals surface area contributed by atoms with Crippen molar-refractivity contribution in [1.82, 2.24) is 0 Å². The first-order chi connectivity index (χ1) is 8.36. The van der Waals surface area contributed by atoms with E-state index >= 15 is 0 Å². The molecular formula is C15H24O3. The number of aliphatic hydroxyl groups excluding tert-OH is 2. The van der Waals surface area contributed by atoms with E-state index in [-0.39, 0.29) is 29.6 Å². The summed E-state index contributed by atoms with van der Waals surface area (Å²) in [6.45, 7) is 6.34. The highest BCUT2D eigenvalue weighted by Crippen LogP contribution is 2.56. The van der Waals surface area contributed by atoms with Gasteiger partial charge < -0.3 is 10.2 Å². The van der Waals surface area contributed by atoms with Crippen LogP contribution >= 0.6 is 0 Å². The molecule has 0 aromatic rings. The number of rotatable bonds is 1. The van der Waals surface area contributed by atoms with Gasteiger partial charge in [0, 0.05) is 12.5 Å². The summed E-state index contributed by atoms with van der Waals surface area (Å²) in [7, 11) is 0. The zero-order valence-electron chi connectivity index (χ0n) is 11.5. The number of hydrogen-bond acceptors (Lipinski definition) is 3. The molecule has 3 heteroatoms. The standard InChI is InChI=1S/C15H24O3/c1-9-4-5-12-10(7-15(12,2)3)11(8-16)14(18)13(17)6-9/h6,10-12,14,16,18H,4-5,7-8H2,1-3H3/b9-6-/t10-,11-,12-,14-/m0/s1. The summed E-state index contributed by atoms with van der Waals surface area (Å²) in [4.78, 5) is 11.9. The molecule has 0 saturated heterocycles. The Morgan fingerprint density at radius 2 is 2.11 bits per heavy atom. The number of carbonyl (C=O) groups is 1. The highest BCUT2D eigenvalue weighted by atomic mass is 16.3. The third-order valence-electron chi connectivity index (χ3n) is 4.98. The Hall–Kier alpha value is -0.670. The second-order valence-corrected chi connectivity index (χ2v) is 6.69. The minimum absolute atomic E-state index is 0.100. The largest absolute Gasteiger partial charge is 0.396 e. The van der Waals surface area contributed by atoms with Crippen LogP contribution in [0.25, 0.3) is 0 Å². The first-order valence-corrected chi connectivity index (χ1v) is 6.87. The van der Waals surface area contributed by atoms with Gasteiger partial charge in [0.25, 0.3) is 0 Å². The van der Waals surface area contributed by atoms with Gasteiger partial charge in [-0.05, 0) is 49.5 Å². The normalized spacial score (nSPS) is 42.7. The Morgan fingerprint density at radius 1 is 1.44 bits per heavy atom. The van der Waals surface area contributed by atoms with Crippen molar-refractivity contribution in [1.29, 1.82) is 0 Å². The van der Waals surface area contributed by atoms with E-state index in [9.17, 15) is 15.0 Å². The number of allylic oxidation sites excluding steroid dienone is 1. The Kier molecular flexibility index (Phi) is 3.65. The molecule has 0 aromatic carbocycles. The van der Waals surface area contributed by atoms with Gasteiger partial charge in [-0.15, -0.1) is 0 Å². The maximum atomic E-state index is 11.9. The van der Waals surface area contributed by atoms with Crippen LogP contribution in [0.5, 0.6) is 0 Å². The molecule has 1 fully saturated rings. The summed E-state index contributed by atoms with van der Waals surface area (Å²) in [5.41, 5.74) is 1.31. The van der Waals surface area contributed by atoms with Gasteiger partial charge in [-0.25, -0.2) is 0 Å². The minimum Gasteiger partial charge on any atom is -0.396 e. The van der Waals surface area contributed by atoms with Crippen LogP contribution in [0.4, 0.5) is 0 Å². The van der Waals surface area contributed by atoms with E-state index in [0.717, 1.165) is 24.8 Å². The van der Waals surface area contributed by atoms with Crippen LogP contribution in [0.3, 0.4) is 0 Å². The van der Waals surface area contributed by atoms with Gasteiger partial charge in [-0.1, -0.05) is 19.4 Å². The van der Waals surface area contributed by atoms with Crippen LogP contribution in [0.2, 0.25) is 0 Å². The van der Waals surface area contributed by atoms with Crippen molar-refractivity contribution in [2.24, 2.45) is 23.2 Å². The second kappa shape index (κ2) is 4.78. The topological polar surface area (TPSA) is 57.5 Å². The molecule has 18 heavy (non-hydrogen) atoms. The van der Waals surface area contributed by atoms with Gasteiger partial charge in [-0.3, -0.25) is 4.79 Å². The van der Waals surface area contributed by atoms with Crippen molar-refractivity contribution in [3.05, 3.63) is 11.6 Å². The Balaban J connectivity index is 2.27. The Labute approximate surface area is 109 Å². The highest BCUT2D eigenvalue weighted by Gasteiger charge is 2.51. The van der Waals surface area contributed by atoms with Crippen LogP contribution in [0, 0.1) is 23.2 Å². The first-order valence-electron chi connectivity index (χ1n) is 6.87. The second-order valence-electron chi connectivity index (χ2n) is 6.69. The molecule has 0 bridgehead atoms. The lowest BCUT2D eigenvalue weighted by Crippen LogP contribution is -2.51. The molecule has 0 heterocycles. The molecule has 0 aromatic heterocycles. The number of fused-ring (bicyclic) bond motifs is 1. The average molecular weight is 252 g/mol. The van der Waals surface area contributed by atoms with Crippen LogP contribution < -0.4 is 0 Å². The van der Waals surface area contributed by atoms with E-state index in [1.807, 2.05) is 6.92 Å². The number of ketones is 1. The van der Waals surface area contributed by atoms with E-state index in [4.69, 9.17) is 0 Å². The molecule has 0 radical (unpaired) electrons. The Bertz CT molecular complexity index is 370. The van der Waals surface area contributed by atoms with Gasteiger partial charge in [0.2, 0.25) is 0 Å². The molecular weight excluding hydrogens is 228 g/mol. The van der Waals surface area contributed by atoms with Crippen molar-refractivity contribution in [2.45, 2.75) is 46.1 Å². The van der Waals surface area contributed by atoms with E-state index in [2.05, 4.69) is 13.8 Å². The summed E-state index contributed by atoms with van der Waals surface area (Å²) < 4.78 is 0. The van der Waals surface area contributed by atoms with Crippen LogP contribution in [0.15, 0.2) is 11.6 Å². The van der Waals surface area contributed by atoms with E-state index in [1.165, 1.54) is 0 Å². The molecule has 1 saturated carbocycles. The Morgan fingerprint density at radius 3 is 2.67 bits per heavy atom. The SMILES string of the molecule is C/C1=C/C(=O)[C@@H](O)[C@@H](CO)[C@@H]2CC(C)(C)[C@H]2CC1. The van der Waals surface area contributed by atoms with Crippen LogP contribution in [0.1, 0.15) is 40.0 Å². The predicted octanol–water partition coefficient (Wildman–Crippen LogP) is 1.93. The third kappa shape index (κ3) is 2.26. The molecule has 0 aliphatic heterocycles. The number of hydrogen-bond donors (Lipinski definition) is 2. The predicted molar refractivity (Wildman–Crippen MR) is 70.0 cm³/mol. The smallest absolute Gasteiger partial charge is 0.184 e. The average Bonchev–Trinajstić information content (AvgIpc) is 2.30. The van der Waals surface area contributed by atoms with Crippen molar-refractivity contribution in [3.8, 4) is 0 Å². The zero-order valence-corrected chi connectivity index (χ0v) is 11.5. The van der Waals surface area contributed by atoms with Gasteiger partial charge in [-0.2, -0.15) is 0 Å². The summed E-state index contributed by atoms with van der Waals surface area (Å²) >= 11 is 0. The van der Waals surface area contributed by atoms with E-state index < -0.39 is 6.10 Å². The fourth-order valence-electron chi connectivity index (χ4n) is 3.84. The van der Waals surface area contributed by atoms with Crippen LogP contribution in [-0.4, -0.2) is 28.7 Å². The number of aliphatic hydroxyl groups is 2. The molecule has 0 amide bonds. The molecule has 0 unspecified atom stereocenters. The van der Waals surface area contributed by atoms with Gasteiger partial charge in [0.05, 0.1) is 0 Å². The quantitative estimate of drug-likeness (QED) is 0.749. The van der Waals surface area contributed by atoms with Crippen molar-refractivity contribution >= 4 is 5.78 Å². The number of carbonyl (C=O) groups excluding carboxylic acids is 1. The fourth-order valence-corrected chi connectivity index (χ4v) is 3.84. The van der Waals surface area contributed by atoms with E-state index in [0.29, 0.717) is 5.92 Å². The zero-order chi connectivity index (χ0) is 13.5. The molecule has 102 valence electrons.